The van der Waals surface area contributed by atoms with Crippen molar-refractivity contribution in [2.75, 3.05) is 11.4 Å². The highest BCUT2D eigenvalue weighted by Crippen LogP contribution is 2.29. The number of anilines is 1. The number of hydrogen-bond donors (Lipinski definition) is 1. The quantitative estimate of drug-likeness (QED) is 0.914. The van der Waals surface area contributed by atoms with Gasteiger partial charge in [-0.1, -0.05) is 11.6 Å². The fourth-order valence-corrected chi connectivity index (χ4v) is 3.02. The first-order chi connectivity index (χ1) is 11.5. The average molecular weight is 347 g/mol. The molecule has 1 unspecified atom stereocenters. The van der Waals surface area contributed by atoms with Crippen molar-refractivity contribution < 1.29 is 14.0 Å². The molecule has 2 heterocycles. The van der Waals surface area contributed by atoms with Crippen LogP contribution in [0.2, 0.25) is 5.02 Å². The summed E-state index contributed by atoms with van der Waals surface area (Å²) in [6.45, 7) is 4.31. The van der Waals surface area contributed by atoms with Crippen molar-refractivity contribution in [3.05, 3.63) is 52.4 Å². The molecule has 0 radical (unpaired) electrons. The third kappa shape index (κ3) is 3.31. The van der Waals surface area contributed by atoms with Gasteiger partial charge in [0.25, 0.3) is 5.91 Å². The van der Waals surface area contributed by atoms with Crippen LogP contribution in [0.15, 0.2) is 34.7 Å². The number of carbonyl (C=O) groups is 2. The third-order valence-corrected chi connectivity index (χ3v) is 4.34. The molecule has 1 saturated heterocycles. The second kappa shape index (κ2) is 6.69. The van der Waals surface area contributed by atoms with Crippen LogP contribution in [-0.2, 0) is 4.79 Å². The number of furan rings is 1. The Morgan fingerprint density at radius 2 is 2.12 bits per heavy atom. The minimum Gasteiger partial charge on any atom is -0.464 e. The van der Waals surface area contributed by atoms with Crippen LogP contribution in [0.3, 0.4) is 0 Å². The van der Waals surface area contributed by atoms with Crippen molar-refractivity contribution in [1.82, 2.24) is 5.32 Å². The molecule has 5 nitrogen and oxygen atoms in total. The second-order valence-electron chi connectivity index (χ2n) is 5.95. The molecule has 2 amide bonds. The molecular formula is C18H19ClN2O3. The minimum absolute atomic E-state index is 0.0148. The van der Waals surface area contributed by atoms with Crippen molar-refractivity contribution in [2.45, 2.75) is 32.7 Å². The van der Waals surface area contributed by atoms with Gasteiger partial charge in [0.05, 0.1) is 17.3 Å². The molecule has 0 spiro atoms. The zero-order valence-electron chi connectivity index (χ0n) is 13.6. The lowest BCUT2D eigenvalue weighted by Crippen LogP contribution is -2.31. The van der Waals surface area contributed by atoms with Crippen LogP contribution < -0.4 is 10.2 Å². The van der Waals surface area contributed by atoms with Crippen molar-refractivity contribution >= 4 is 29.1 Å². The molecule has 3 rings (SSSR count). The first kappa shape index (κ1) is 16.6. The molecule has 1 aromatic carbocycles. The monoisotopic (exact) mass is 346 g/mol. The first-order valence-corrected chi connectivity index (χ1v) is 8.30. The average Bonchev–Trinajstić information content (AvgIpc) is 3.15. The van der Waals surface area contributed by atoms with Gasteiger partial charge in [-0.25, -0.2) is 0 Å². The van der Waals surface area contributed by atoms with Crippen LogP contribution in [0.25, 0.3) is 0 Å². The van der Waals surface area contributed by atoms with Gasteiger partial charge in [-0.3, -0.25) is 9.59 Å². The summed E-state index contributed by atoms with van der Waals surface area (Å²) in [7, 11) is 0. The third-order valence-electron chi connectivity index (χ3n) is 4.10. The van der Waals surface area contributed by atoms with E-state index in [9.17, 15) is 9.59 Å². The largest absolute Gasteiger partial charge is 0.464 e. The van der Waals surface area contributed by atoms with Crippen molar-refractivity contribution in [2.24, 2.45) is 0 Å². The number of amides is 2. The Bertz CT molecular complexity index is 784. The first-order valence-electron chi connectivity index (χ1n) is 7.93. The zero-order valence-corrected chi connectivity index (χ0v) is 14.4. The summed E-state index contributed by atoms with van der Waals surface area (Å²) in [4.78, 5) is 26.4. The summed E-state index contributed by atoms with van der Waals surface area (Å²) in [6, 6.07) is 8.40. The van der Waals surface area contributed by atoms with Gasteiger partial charge in [0, 0.05) is 18.0 Å². The van der Waals surface area contributed by atoms with Crippen molar-refractivity contribution in [3.63, 3.8) is 0 Å². The van der Waals surface area contributed by atoms with E-state index in [1.54, 1.807) is 23.1 Å². The summed E-state index contributed by atoms with van der Waals surface area (Å²) < 4.78 is 5.55. The van der Waals surface area contributed by atoms with Crippen LogP contribution in [0.5, 0.6) is 0 Å². The van der Waals surface area contributed by atoms with E-state index in [1.165, 1.54) is 0 Å². The molecule has 24 heavy (non-hydrogen) atoms. The smallest absolute Gasteiger partial charge is 0.253 e. The van der Waals surface area contributed by atoms with Crippen LogP contribution in [0, 0.1) is 6.92 Å². The summed E-state index contributed by atoms with van der Waals surface area (Å²) >= 11 is 6.07. The molecule has 1 aromatic heterocycles. The molecule has 1 atom stereocenters. The van der Waals surface area contributed by atoms with E-state index in [0.29, 0.717) is 35.0 Å². The normalized spacial score (nSPS) is 15.6. The number of hydrogen-bond acceptors (Lipinski definition) is 3. The Balaban J connectivity index is 1.85. The Kier molecular flexibility index (Phi) is 4.62. The molecule has 6 heteroatoms. The number of carbonyl (C=O) groups excluding carboxylic acids is 2. The van der Waals surface area contributed by atoms with E-state index in [-0.39, 0.29) is 17.9 Å². The molecule has 1 fully saturated rings. The molecule has 0 saturated carbocycles. The van der Waals surface area contributed by atoms with E-state index < -0.39 is 0 Å². The van der Waals surface area contributed by atoms with Gasteiger partial charge in [-0.15, -0.1) is 0 Å². The molecule has 2 aromatic rings. The van der Waals surface area contributed by atoms with Crippen LogP contribution in [0.4, 0.5) is 5.69 Å². The zero-order chi connectivity index (χ0) is 17.3. The fraction of sp³-hybridized carbons (Fsp3) is 0.333. The predicted octanol–water partition coefficient (Wildman–Crippen LogP) is 3.86. The van der Waals surface area contributed by atoms with Gasteiger partial charge in [-0.2, -0.15) is 0 Å². The molecule has 126 valence electrons. The number of halogens is 1. The van der Waals surface area contributed by atoms with Gasteiger partial charge in [0.2, 0.25) is 5.91 Å². The highest BCUT2D eigenvalue weighted by molar-refractivity contribution is 6.31. The Morgan fingerprint density at radius 3 is 2.75 bits per heavy atom. The molecular weight excluding hydrogens is 328 g/mol. The van der Waals surface area contributed by atoms with Gasteiger partial charge < -0.3 is 14.6 Å². The lowest BCUT2D eigenvalue weighted by atomic mass is 10.1. The van der Waals surface area contributed by atoms with E-state index in [0.717, 1.165) is 12.2 Å². The topological polar surface area (TPSA) is 62.6 Å². The lowest BCUT2D eigenvalue weighted by Gasteiger charge is -2.20. The van der Waals surface area contributed by atoms with Crippen molar-refractivity contribution in [3.8, 4) is 0 Å². The van der Waals surface area contributed by atoms with Crippen molar-refractivity contribution in [1.29, 1.82) is 0 Å². The fourth-order valence-electron chi connectivity index (χ4n) is 2.85. The maximum Gasteiger partial charge on any atom is 0.253 e. The van der Waals surface area contributed by atoms with Gasteiger partial charge in [0.15, 0.2) is 0 Å². The SMILES string of the molecule is Cc1ccc(C(C)NC(=O)c2ccc(Cl)cc2N2CCCC2=O)o1. The molecule has 1 N–H and O–H groups in total. The Labute approximate surface area is 145 Å². The van der Waals surface area contributed by atoms with E-state index in [1.807, 2.05) is 26.0 Å². The van der Waals surface area contributed by atoms with E-state index in [4.69, 9.17) is 16.0 Å². The highest BCUT2D eigenvalue weighted by atomic mass is 35.5. The summed E-state index contributed by atoms with van der Waals surface area (Å²) in [5.41, 5.74) is 0.995. The van der Waals surface area contributed by atoms with Gasteiger partial charge in [-0.05, 0) is 50.6 Å². The van der Waals surface area contributed by atoms with Gasteiger partial charge >= 0.3 is 0 Å². The van der Waals surface area contributed by atoms with E-state index >= 15 is 0 Å². The standard InChI is InChI=1S/C18H19ClN2O3/c1-11-5-8-16(24-11)12(2)20-18(23)14-7-6-13(19)10-15(14)21-9-3-4-17(21)22/h5-8,10,12H,3-4,9H2,1-2H3,(H,20,23). The molecule has 1 aliphatic rings. The predicted molar refractivity (Wildman–Crippen MR) is 92.4 cm³/mol. The van der Waals surface area contributed by atoms with Crippen LogP contribution in [-0.4, -0.2) is 18.4 Å². The van der Waals surface area contributed by atoms with Crippen LogP contribution >= 0.6 is 11.6 Å². The molecule has 0 bridgehead atoms. The minimum atomic E-state index is -0.274. The van der Waals surface area contributed by atoms with Gasteiger partial charge in [0.1, 0.15) is 11.5 Å². The highest BCUT2D eigenvalue weighted by Gasteiger charge is 2.27. The van der Waals surface area contributed by atoms with Crippen LogP contribution in [0.1, 0.15) is 47.7 Å². The molecule has 1 aliphatic heterocycles. The summed E-state index contributed by atoms with van der Waals surface area (Å²) in [5.74, 6) is 1.23. The number of rotatable bonds is 4. The number of benzene rings is 1. The molecule has 0 aliphatic carbocycles. The second-order valence-corrected chi connectivity index (χ2v) is 6.39. The lowest BCUT2D eigenvalue weighted by molar-refractivity contribution is -0.117. The number of nitrogens with one attached hydrogen (secondary N) is 1. The van der Waals surface area contributed by atoms with E-state index in [2.05, 4.69) is 5.32 Å². The summed E-state index contributed by atoms with van der Waals surface area (Å²) in [6.07, 6.45) is 1.28. The Hall–Kier alpha value is -2.27. The number of nitrogens with zero attached hydrogens (tertiary/aromatic N) is 1. The summed E-state index contributed by atoms with van der Waals surface area (Å²) in [5, 5.41) is 3.41. The number of aryl methyl sites for hydroxylation is 1. The maximum atomic E-state index is 12.7. The maximum absolute atomic E-state index is 12.7. The Morgan fingerprint density at radius 1 is 1.33 bits per heavy atom.